The van der Waals surface area contributed by atoms with Crippen molar-refractivity contribution in [1.82, 2.24) is 0 Å². The summed E-state index contributed by atoms with van der Waals surface area (Å²) in [5, 5.41) is 0.849. The normalized spacial score (nSPS) is 12.8. The third-order valence-electron chi connectivity index (χ3n) is 3.36. The van der Waals surface area contributed by atoms with Crippen LogP contribution in [0.2, 0.25) is 0 Å². The third kappa shape index (κ3) is 1.12. The van der Waals surface area contributed by atoms with E-state index in [1.165, 1.54) is 6.07 Å². The van der Waals surface area contributed by atoms with E-state index in [9.17, 15) is 8.78 Å². The van der Waals surface area contributed by atoms with Crippen molar-refractivity contribution in [3.05, 3.63) is 53.9 Å². The minimum Gasteiger partial charge on any atom is -0.464 e. The van der Waals surface area contributed by atoms with E-state index >= 15 is 0 Å². The van der Waals surface area contributed by atoms with E-state index < -0.39 is 11.6 Å². The average molecular weight is 244 g/mol. The van der Waals surface area contributed by atoms with E-state index in [2.05, 4.69) is 0 Å². The first-order valence-corrected chi connectivity index (χ1v) is 5.62. The van der Waals surface area contributed by atoms with E-state index in [4.69, 9.17) is 4.42 Å². The minimum atomic E-state index is -0.539. The Kier molecular flexibility index (Phi) is 1.71. The lowest BCUT2D eigenvalue weighted by atomic mass is 10.0. The largest absolute Gasteiger partial charge is 0.464 e. The Morgan fingerprint density at radius 3 is 2.94 bits per heavy atom. The molecule has 0 fully saturated rings. The van der Waals surface area contributed by atoms with Crippen LogP contribution in [0, 0.1) is 11.6 Å². The molecule has 0 saturated carbocycles. The number of nitrogens with zero attached hydrogens (tertiary/aromatic N) is 1. The first kappa shape index (κ1) is 9.76. The van der Waals surface area contributed by atoms with Gasteiger partial charge in [-0.15, -0.1) is 0 Å². The van der Waals surface area contributed by atoms with Crippen LogP contribution in [0.5, 0.6) is 0 Å². The molecular formula is C14H8F2NO+. The van der Waals surface area contributed by atoms with Crippen molar-refractivity contribution in [2.45, 2.75) is 6.54 Å². The van der Waals surface area contributed by atoms with Crippen molar-refractivity contribution >= 4 is 11.0 Å². The summed E-state index contributed by atoms with van der Waals surface area (Å²) in [5.74, 6) is -1.06. The zero-order valence-electron chi connectivity index (χ0n) is 9.28. The standard InChI is InChI=1S/C14H8F2NO/c15-9-5-8-7-17-3-1-12-10(2-4-18-12)14(17)13(8)11(16)6-9/h1-6H,7H2/q+1. The number of hydrogen-bond acceptors (Lipinski definition) is 1. The molecule has 0 radical (unpaired) electrons. The summed E-state index contributed by atoms with van der Waals surface area (Å²) < 4.78 is 34.4. The Morgan fingerprint density at radius 1 is 1.17 bits per heavy atom. The Labute approximate surface area is 101 Å². The number of hydrogen-bond donors (Lipinski definition) is 0. The van der Waals surface area contributed by atoms with Crippen LogP contribution < -0.4 is 4.57 Å². The Balaban J connectivity index is 2.16. The van der Waals surface area contributed by atoms with Crippen molar-refractivity contribution in [2.24, 2.45) is 0 Å². The van der Waals surface area contributed by atoms with E-state index in [-0.39, 0.29) is 0 Å². The zero-order valence-corrected chi connectivity index (χ0v) is 9.28. The van der Waals surface area contributed by atoms with Crippen LogP contribution in [0.3, 0.4) is 0 Å². The highest BCUT2D eigenvalue weighted by Crippen LogP contribution is 2.35. The van der Waals surface area contributed by atoms with Crippen molar-refractivity contribution in [3.8, 4) is 11.3 Å². The van der Waals surface area contributed by atoms with Gasteiger partial charge >= 0.3 is 0 Å². The topological polar surface area (TPSA) is 17.0 Å². The van der Waals surface area contributed by atoms with Gasteiger partial charge in [0.05, 0.1) is 17.2 Å². The fourth-order valence-electron chi connectivity index (χ4n) is 2.64. The quantitative estimate of drug-likeness (QED) is 0.434. The summed E-state index contributed by atoms with van der Waals surface area (Å²) in [6.45, 7) is 0.487. The smallest absolute Gasteiger partial charge is 0.227 e. The Hall–Kier alpha value is -2.23. The second-order valence-electron chi connectivity index (χ2n) is 4.41. The maximum atomic E-state index is 14.0. The predicted octanol–water partition coefficient (Wildman–Crippen LogP) is 3.03. The molecule has 0 saturated heterocycles. The summed E-state index contributed by atoms with van der Waals surface area (Å²) in [4.78, 5) is 0. The molecule has 3 heterocycles. The van der Waals surface area contributed by atoms with Crippen molar-refractivity contribution in [3.63, 3.8) is 0 Å². The van der Waals surface area contributed by atoms with Gasteiger partial charge in [0.1, 0.15) is 17.2 Å². The SMILES string of the molecule is Fc1cc(F)c2c(c1)C[n+]1ccc3occc3c1-2. The van der Waals surface area contributed by atoms with Gasteiger partial charge in [0.15, 0.2) is 12.7 Å². The molecule has 2 nitrogen and oxygen atoms in total. The Bertz CT molecular complexity index is 792. The van der Waals surface area contributed by atoms with Crippen molar-refractivity contribution in [2.75, 3.05) is 0 Å². The second-order valence-corrected chi connectivity index (χ2v) is 4.41. The molecule has 2 aromatic heterocycles. The van der Waals surface area contributed by atoms with Crippen LogP contribution in [0.1, 0.15) is 5.56 Å². The molecule has 0 unspecified atom stereocenters. The number of halogens is 2. The summed E-state index contributed by atoms with van der Waals surface area (Å²) in [6.07, 6.45) is 3.41. The van der Waals surface area contributed by atoms with Gasteiger partial charge in [-0.05, 0) is 12.1 Å². The summed E-state index contributed by atoms with van der Waals surface area (Å²) in [5.41, 5.74) is 2.61. The van der Waals surface area contributed by atoms with Gasteiger partial charge in [-0.1, -0.05) is 0 Å². The number of pyridine rings is 1. The van der Waals surface area contributed by atoms with Crippen LogP contribution in [0.4, 0.5) is 8.78 Å². The Morgan fingerprint density at radius 2 is 2.06 bits per heavy atom. The number of fused-ring (bicyclic) bond motifs is 5. The zero-order chi connectivity index (χ0) is 12.3. The number of furan rings is 1. The molecule has 0 N–H and O–H groups in total. The van der Waals surface area contributed by atoms with Crippen LogP contribution in [-0.4, -0.2) is 0 Å². The first-order chi connectivity index (χ1) is 8.74. The van der Waals surface area contributed by atoms with Gasteiger partial charge in [-0.2, -0.15) is 4.57 Å². The van der Waals surface area contributed by atoms with Crippen LogP contribution in [-0.2, 0) is 6.54 Å². The molecule has 88 valence electrons. The van der Waals surface area contributed by atoms with E-state index in [0.717, 1.165) is 17.1 Å². The predicted molar refractivity (Wildman–Crippen MR) is 60.9 cm³/mol. The van der Waals surface area contributed by atoms with Crippen molar-refractivity contribution < 1.29 is 17.8 Å². The summed E-state index contributed by atoms with van der Waals surface area (Å²) >= 11 is 0. The molecular weight excluding hydrogens is 236 g/mol. The van der Waals surface area contributed by atoms with Crippen LogP contribution >= 0.6 is 0 Å². The first-order valence-electron chi connectivity index (χ1n) is 5.62. The fourth-order valence-corrected chi connectivity index (χ4v) is 2.64. The summed E-state index contributed by atoms with van der Waals surface area (Å²) in [6, 6.07) is 5.95. The number of benzene rings is 1. The van der Waals surface area contributed by atoms with E-state index in [1.807, 2.05) is 16.8 Å². The third-order valence-corrected chi connectivity index (χ3v) is 3.36. The molecule has 4 rings (SSSR count). The van der Waals surface area contributed by atoms with Crippen molar-refractivity contribution in [1.29, 1.82) is 0 Å². The van der Waals surface area contributed by atoms with E-state index in [1.54, 1.807) is 12.3 Å². The lowest BCUT2D eigenvalue weighted by Crippen LogP contribution is -2.31. The molecule has 1 aliphatic rings. The van der Waals surface area contributed by atoms with Crippen LogP contribution in [0.25, 0.3) is 22.2 Å². The van der Waals surface area contributed by atoms with Gasteiger partial charge in [0.2, 0.25) is 5.69 Å². The fraction of sp³-hybridized carbons (Fsp3) is 0.0714. The molecule has 0 spiro atoms. The van der Waals surface area contributed by atoms with Gasteiger partial charge in [-0.25, -0.2) is 8.78 Å². The minimum absolute atomic E-state index is 0.475. The second kappa shape index (κ2) is 3.16. The highest BCUT2D eigenvalue weighted by molar-refractivity contribution is 5.91. The van der Waals surface area contributed by atoms with Gasteiger partial charge in [0, 0.05) is 17.7 Å². The lowest BCUT2D eigenvalue weighted by molar-refractivity contribution is -0.671. The van der Waals surface area contributed by atoms with Gasteiger partial charge < -0.3 is 4.42 Å². The molecule has 1 aliphatic heterocycles. The molecule has 18 heavy (non-hydrogen) atoms. The molecule has 3 aromatic rings. The number of rotatable bonds is 0. The van der Waals surface area contributed by atoms with Crippen LogP contribution in [0.15, 0.2) is 41.1 Å². The molecule has 1 aromatic carbocycles. The maximum Gasteiger partial charge on any atom is 0.227 e. The lowest BCUT2D eigenvalue weighted by Gasteiger charge is -1.98. The monoisotopic (exact) mass is 244 g/mol. The molecule has 0 amide bonds. The van der Waals surface area contributed by atoms with Gasteiger partial charge in [-0.3, -0.25) is 0 Å². The highest BCUT2D eigenvalue weighted by Gasteiger charge is 2.32. The molecule has 0 bridgehead atoms. The summed E-state index contributed by atoms with van der Waals surface area (Å²) in [7, 11) is 0. The number of aromatic nitrogens is 1. The van der Waals surface area contributed by atoms with Gasteiger partial charge in [0.25, 0.3) is 0 Å². The maximum absolute atomic E-state index is 14.0. The molecule has 0 aliphatic carbocycles. The molecule has 0 atom stereocenters. The average Bonchev–Trinajstić information content (AvgIpc) is 2.89. The van der Waals surface area contributed by atoms with E-state index in [0.29, 0.717) is 23.3 Å². The highest BCUT2D eigenvalue weighted by atomic mass is 19.1. The molecule has 4 heteroatoms.